The Morgan fingerprint density at radius 2 is 1.44 bits per heavy atom. The van der Waals surface area contributed by atoms with Gasteiger partial charge in [0, 0.05) is 31.9 Å². The summed E-state index contributed by atoms with van der Waals surface area (Å²) in [4.78, 5) is 29.8. The van der Waals surface area contributed by atoms with Crippen LogP contribution in [0.1, 0.15) is 44.9 Å². The Hall–Kier alpha value is -3.61. The van der Waals surface area contributed by atoms with Crippen LogP contribution < -0.4 is 10.6 Å². The average molecular weight is 571 g/mol. The van der Waals surface area contributed by atoms with Crippen LogP contribution in [0.15, 0.2) is 77.7 Å². The number of aromatic nitrogens is 1. The molecule has 1 saturated heterocycles. The van der Waals surface area contributed by atoms with Gasteiger partial charge in [-0.1, -0.05) is 48.5 Å². The first-order valence-corrected chi connectivity index (χ1v) is 15.9. The summed E-state index contributed by atoms with van der Waals surface area (Å²) in [5.74, 6) is -0.976. The minimum Gasteiger partial charge on any atom is -0.348 e. The van der Waals surface area contributed by atoms with Crippen LogP contribution in [0.5, 0.6) is 0 Å². The SMILES string of the molecule is CS(=O)(=O)c1ccc(CNC(=O)c2cccc(C(=O)NC3CCN(S(=O)(=O)Cc4ccccc4)CC3)n2)cc1. The molecule has 0 spiro atoms. The first kappa shape index (κ1) is 28.4. The summed E-state index contributed by atoms with van der Waals surface area (Å²) in [6.45, 7) is 0.773. The standard InChI is InChI=1S/C27H30N4O6S2/c1-38(34,35)23-12-10-20(11-13-23)18-28-26(32)24-8-5-9-25(30-24)27(33)29-22-14-16-31(17-15-22)39(36,37)19-21-6-3-2-4-7-21/h2-13,22H,14-19H2,1H3,(H,28,32)(H,29,33). The quantitative estimate of drug-likeness (QED) is 0.401. The molecular weight excluding hydrogens is 540 g/mol. The molecule has 3 aromatic rings. The highest BCUT2D eigenvalue weighted by molar-refractivity contribution is 7.90. The van der Waals surface area contributed by atoms with E-state index in [9.17, 15) is 26.4 Å². The second-order valence-corrected chi connectivity index (χ2v) is 13.4. The van der Waals surface area contributed by atoms with Crippen molar-refractivity contribution in [2.75, 3.05) is 19.3 Å². The van der Waals surface area contributed by atoms with Crippen molar-refractivity contribution in [3.8, 4) is 0 Å². The third-order valence-electron chi connectivity index (χ3n) is 6.39. The van der Waals surface area contributed by atoms with E-state index in [1.807, 2.05) is 6.07 Å². The molecule has 4 rings (SSSR count). The predicted octanol–water partition coefficient (Wildman–Crippen LogP) is 2.14. The molecule has 0 atom stereocenters. The summed E-state index contributed by atoms with van der Waals surface area (Å²) < 4.78 is 50.2. The number of nitrogens with zero attached hydrogens (tertiary/aromatic N) is 2. The number of sulfone groups is 1. The van der Waals surface area contributed by atoms with E-state index in [2.05, 4.69) is 15.6 Å². The Bertz CT molecular complexity index is 1530. The molecule has 0 bridgehead atoms. The minimum absolute atomic E-state index is 0.0599. The van der Waals surface area contributed by atoms with Crippen molar-refractivity contribution in [3.63, 3.8) is 0 Å². The number of pyridine rings is 1. The number of hydrogen-bond acceptors (Lipinski definition) is 7. The van der Waals surface area contributed by atoms with Crippen LogP contribution in [0.3, 0.4) is 0 Å². The Morgan fingerprint density at radius 1 is 0.821 bits per heavy atom. The number of hydrogen-bond donors (Lipinski definition) is 2. The summed E-state index contributed by atoms with van der Waals surface area (Å²) in [6.07, 6.45) is 2.06. The molecule has 10 nitrogen and oxygen atoms in total. The van der Waals surface area contributed by atoms with Gasteiger partial charge in [0.05, 0.1) is 10.6 Å². The fraction of sp³-hybridized carbons (Fsp3) is 0.296. The molecule has 206 valence electrons. The topological polar surface area (TPSA) is 143 Å². The largest absolute Gasteiger partial charge is 0.348 e. The van der Waals surface area contributed by atoms with Crippen molar-refractivity contribution in [1.29, 1.82) is 0 Å². The molecule has 0 aliphatic carbocycles. The summed E-state index contributed by atoms with van der Waals surface area (Å²) in [5, 5.41) is 5.61. The predicted molar refractivity (Wildman–Crippen MR) is 146 cm³/mol. The summed E-state index contributed by atoms with van der Waals surface area (Å²) >= 11 is 0. The van der Waals surface area contributed by atoms with Gasteiger partial charge in [0.2, 0.25) is 10.0 Å². The maximum absolute atomic E-state index is 12.8. The Morgan fingerprint density at radius 3 is 2.05 bits per heavy atom. The Labute approximate surface area is 228 Å². The van der Waals surface area contributed by atoms with Crippen molar-refractivity contribution in [2.24, 2.45) is 0 Å². The zero-order valence-electron chi connectivity index (χ0n) is 21.4. The van der Waals surface area contributed by atoms with Crippen molar-refractivity contribution < 1.29 is 26.4 Å². The van der Waals surface area contributed by atoms with Gasteiger partial charge in [-0.05, 0) is 48.2 Å². The number of sulfonamides is 1. The highest BCUT2D eigenvalue weighted by Crippen LogP contribution is 2.18. The third kappa shape index (κ3) is 7.71. The monoisotopic (exact) mass is 570 g/mol. The highest BCUT2D eigenvalue weighted by atomic mass is 32.2. The second-order valence-electron chi connectivity index (χ2n) is 9.40. The molecule has 39 heavy (non-hydrogen) atoms. The Kier molecular flexibility index (Phi) is 8.78. The maximum Gasteiger partial charge on any atom is 0.270 e. The lowest BCUT2D eigenvalue weighted by Gasteiger charge is -2.31. The molecule has 2 aromatic carbocycles. The zero-order chi connectivity index (χ0) is 28.0. The average Bonchev–Trinajstić information content (AvgIpc) is 2.92. The van der Waals surface area contributed by atoms with Gasteiger partial charge in [0.25, 0.3) is 11.8 Å². The molecule has 1 fully saturated rings. The van der Waals surface area contributed by atoms with Crippen LogP contribution >= 0.6 is 0 Å². The van der Waals surface area contributed by atoms with E-state index in [0.29, 0.717) is 31.5 Å². The van der Waals surface area contributed by atoms with E-state index >= 15 is 0 Å². The first-order valence-electron chi connectivity index (χ1n) is 12.4. The second kappa shape index (κ2) is 12.1. The first-order chi connectivity index (χ1) is 18.5. The van der Waals surface area contributed by atoms with Crippen LogP contribution in [-0.4, -0.2) is 63.3 Å². The molecular formula is C27H30N4O6S2. The van der Waals surface area contributed by atoms with E-state index in [0.717, 1.165) is 11.8 Å². The number of nitrogens with one attached hydrogen (secondary N) is 2. The summed E-state index contributed by atoms with van der Waals surface area (Å²) in [5.41, 5.74) is 1.59. The molecule has 0 unspecified atom stereocenters. The molecule has 0 saturated carbocycles. The Balaban J connectivity index is 1.29. The van der Waals surface area contributed by atoms with Gasteiger partial charge >= 0.3 is 0 Å². The van der Waals surface area contributed by atoms with Gasteiger partial charge in [-0.2, -0.15) is 0 Å². The van der Waals surface area contributed by atoms with Gasteiger partial charge in [-0.15, -0.1) is 0 Å². The number of benzene rings is 2. The van der Waals surface area contributed by atoms with Crippen LogP contribution in [-0.2, 0) is 32.2 Å². The number of piperidine rings is 1. The van der Waals surface area contributed by atoms with E-state index in [4.69, 9.17) is 0 Å². The minimum atomic E-state index is -3.45. The zero-order valence-corrected chi connectivity index (χ0v) is 23.0. The normalized spacial score (nSPS) is 15.0. The van der Waals surface area contributed by atoms with Crippen LogP contribution in [0, 0.1) is 0 Å². The van der Waals surface area contributed by atoms with Crippen LogP contribution in [0.4, 0.5) is 0 Å². The number of rotatable bonds is 9. The lowest BCUT2D eigenvalue weighted by Crippen LogP contribution is -2.46. The smallest absolute Gasteiger partial charge is 0.270 e. The molecule has 0 radical (unpaired) electrons. The maximum atomic E-state index is 12.8. The van der Waals surface area contributed by atoms with Gasteiger partial charge in [0.15, 0.2) is 9.84 Å². The van der Waals surface area contributed by atoms with Gasteiger partial charge in [-0.3, -0.25) is 9.59 Å². The third-order valence-corrected chi connectivity index (χ3v) is 9.37. The number of amides is 2. The fourth-order valence-electron chi connectivity index (χ4n) is 4.23. The van der Waals surface area contributed by atoms with Gasteiger partial charge in [0.1, 0.15) is 11.4 Å². The van der Waals surface area contributed by atoms with Crippen molar-refractivity contribution in [1.82, 2.24) is 19.9 Å². The van der Waals surface area contributed by atoms with Crippen LogP contribution in [0.2, 0.25) is 0 Å². The summed E-state index contributed by atoms with van der Waals surface area (Å²) in [6, 6.07) is 19.6. The van der Waals surface area contributed by atoms with E-state index in [1.165, 1.54) is 28.6 Å². The van der Waals surface area contributed by atoms with Crippen molar-refractivity contribution in [3.05, 3.63) is 95.3 Å². The highest BCUT2D eigenvalue weighted by Gasteiger charge is 2.29. The molecule has 2 heterocycles. The lowest BCUT2D eigenvalue weighted by molar-refractivity contribution is 0.0918. The van der Waals surface area contributed by atoms with E-state index < -0.39 is 31.7 Å². The van der Waals surface area contributed by atoms with Crippen molar-refractivity contribution >= 4 is 31.7 Å². The summed E-state index contributed by atoms with van der Waals surface area (Å²) in [7, 11) is -6.76. The van der Waals surface area contributed by atoms with Gasteiger partial charge < -0.3 is 10.6 Å². The van der Waals surface area contributed by atoms with Crippen molar-refractivity contribution in [2.45, 2.75) is 36.1 Å². The number of carbonyl (C=O) groups is 2. The molecule has 1 aliphatic heterocycles. The molecule has 1 aliphatic rings. The molecule has 2 N–H and O–H groups in total. The van der Waals surface area contributed by atoms with E-state index in [1.54, 1.807) is 42.5 Å². The molecule has 12 heteroatoms. The number of carbonyl (C=O) groups excluding carboxylic acids is 2. The van der Waals surface area contributed by atoms with E-state index in [-0.39, 0.29) is 34.6 Å². The van der Waals surface area contributed by atoms with Gasteiger partial charge in [-0.25, -0.2) is 26.1 Å². The van der Waals surface area contributed by atoms with Crippen LogP contribution in [0.25, 0.3) is 0 Å². The lowest BCUT2D eigenvalue weighted by atomic mass is 10.1. The molecule has 2 amide bonds. The fourth-order valence-corrected chi connectivity index (χ4v) is 6.42. The molecule has 1 aromatic heterocycles.